The molecule has 0 aliphatic rings. The van der Waals surface area contributed by atoms with Gasteiger partial charge in [0.1, 0.15) is 6.61 Å². The standard InChI is InChI=1S/C19H30O8S/c1-17-6-8-18(9-7-17)28(22,23)27-15-5-13-25-11-3-2-10-24-12-4-14-26-16-19(20)21/h6-9H,2-5,10-16H2,1H3,(H,20,21). The first-order valence-electron chi connectivity index (χ1n) is 9.33. The summed E-state index contributed by atoms with van der Waals surface area (Å²) in [7, 11) is -3.71. The monoisotopic (exact) mass is 418 g/mol. The molecule has 1 aromatic rings. The smallest absolute Gasteiger partial charge is 0.329 e. The van der Waals surface area contributed by atoms with Crippen molar-refractivity contribution in [3.63, 3.8) is 0 Å². The van der Waals surface area contributed by atoms with Crippen LogP contribution in [0.3, 0.4) is 0 Å². The number of aliphatic carboxylic acids is 1. The molecule has 0 bridgehead atoms. The predicted molar refractivity (Wildman–Crippen MR) is 103 cm³/mol. The van der Waals surface area contributed by atoms with Gasteiger partial charge in [0.05, 0.1) is 11.5 Å². The van der Waals surface area contributed by atoms with Gasteiger partial charge >= 0.3 is 5.97 Å². The van der Waals surface area contributed by atoms with Crippen LogP contribution in [0.4, 0.5) is 0 Å². The van der Waals surface area contributed by atoms with Gasteiger partial charge in [0.25, 0.3) is 10.1 Å². The Balaban J connectivity index is 1.90. The Kier molecular flexibility index (Phi) is 12.7. The summed E-state index contributed by atoms with van der Waals surface area (Å²) < 4.78 is 44.7. The molecular formula is C19H30O8S. The van der Waals surface area contributed by atoms with Gasteiger partial charge in [-0.1, -0.05) is 17.7 Å². The average molecular weight is 419 g/mol. The highest BCUT2D eigenvalue weighted by Gasteiger charge is 2.14. The van der Waals surface area contributed by atoms with Crippen molar-refractivity contribution < 1.29 is 36.7 Å². The van der Waals surface area contributed by atoms with Crippen molar-refractivity contribution in [2.24, 2.45) is 0 Å². The van der Waals surface area contributed by atoms with E-state index in [9.17, 15) is 13.2 Å². The zero-order chi connectivity index (χ0) is 20.7. The molecule has 0 saturated heterocycles. The first kappa shape index (κ1) is 24.5. The summed E-state index contributed by atoms with van der Waals surface area (Å²) in [6.07, 6.45) is 2.86. The van der Waals surface area contributed by atoms with Crippen molar-refractivity contribution in [2.75, 3.05) is 46.2 Å². The second kappa shape index (κ2) is 14.5. The van der Waals surface area contributed by atoms with E-state index in [4.69, 9.17) is 23.5 Å². The number of unbranched alkanes of at least 4 members (excludes halogenated alkanes) is 1. The summed E-state index contributed by atoms with van der Waals surface area (Å²) >= 11 is 0. The highest BCUT2D eigenvalue weighted by molar-refractivity contribution is 7.86. The van der Waals surface area contributed by atoms with Gasteiger partial charge in [0.15, 0.2) is 0 Å². The Hall–Kier alpha value is -1.52. The third-order valence-electron chi connectivity index (χ3n) is 3.61. The lowest BCUT2D eigenvalue weighted by atomic mass is 10.2. The molecule has 1 rings (SSSR count). The molecule has 0 unspecified atom stereocenters. The fourth-order valence-electron chi connectivity index (χ4n) is 2.14. The number of carboxylic acids is 1. The molecule has 0 aromatic heterocycles. The molecule has 1 N–H and O–H groups in total. The number of rotatable bonds is 17. The van der Waals surface area contributed by atoms with Gasteiger partial charge in [-0.2, -0.15) is 8.42 Å². The molecule has 0 heterocycles. The van der Waals surface area contributed by atoms with Gasteiger partial charge in [-0.15, -0.1) is 0 Å². The summed E-state index contributed by atoms with van der Waals surface area (Å²) in [6.45, 7) is 4.23. The van der Waals surface area contributed by atoms with Gasteiger partial charge in [0, 0.05) is 33.0 Å². The number of hydrogen-bond donors (Lipinski definition) is 1. The quantitative estimate of drug-likeness (QED) is 0.303. The summed E-state index contributed by atoms with van der Waals surface area (Å²) in [6, 6.07) is 6.53. The van der Waals surface area contributed by atoms with Crippen molar-refractivity contribution in [2.45, 2.75) is 37.5 Å². The molecule has 0 aliphatic heterocycles. The molecule has 9 heteroatoms. The molecule has 0 spiro atoms. The van der Waals surface area contributed by atoms with Gasteiger partial charge in [0.2, 0.25) is 0 Å². The molecule has 0 radical (unpaired) electrons. The topological polar surface area (TPSA) is 108 Å². The van der Waals surface area contributed by atoms with E-state index in [0.717, 1.165) is 18.4 Å². The Morgan fingerprint density at radius 3 is 1.89 bits per heavy atom. The summed E-state index contributed by atoms with van der Waals surface area (Å²) in [5.74, 6) is -0.972. The Labute approximate surface area is 166 Å². The van der Waals surface area contributed by atoms with Crippen LogP contribution in [0.2, 0.25) is 0 Å². The van der Waals surface area contributed by atoms with E-state index in [1.807, 2.05) is 6.92 Å². The lowest BCUT2D eigenvalue weighted by Gasteiger charge is -2.07. The second-order valence-electron chi connectivity index (χ2n) is 6.17. The van der Waals surface area contributed by atoms with E-state index in [0.29, 0.717) is 45.9 Å². The molecule has 0 aliphatic carbocycles. The molecule has 0 amide bonds. The van der Waals surface area contributed by atoms with Crippen LogP contribution < -0.4 is 0 Å². The van der Waals surface area contributed by atoms with Crippen LogP contribution in [-0.2, 0) is 33.3 Å². The van der Waals surface area contributed by atoms with Gasteiger partial charge in [-0.25, -0.2) is 4.79 Å². The highest BCUT2D eigenvalue weighted by Crippen LogP contribution is 2.13. The van der Waals surface area contributed by atoms with E-state index in [-0.39, 0.29) is 18.1 Å². The molecule has 160 valence electrons. The SMILES string of the molecule is Cc1ccc(S(=O)(=O)OCCCOCCCCOCCCOCC(=O)O)cc1. The van der Waals surface area contributed by atoms with Crippen LogP contribution in [-0.4, -0.2) is 65.7 Å². The fourth-order valence-corrected chi connectivity index (χ4v) is 3.08. The summed E-state index contributed by atoms with van der Waals surface area (Å²) in [5.41, 5.74) is 0.988. The van der Waals surface area contributed by atoms with Crippen molar-refractivity contribution >= 4 is 16.1 Å². The van der Waals surface area contributed by atoms with Crippen molar-refractivity contribution in [1.82, 2.24) is 0 Å². The average Bonchev–Trinajstić information content (AvgIpc) is 2.65. The van der Waals surface area contributed by atoms with Crippen molar-refractivity contribution in [1.29, 1.82) is 0 Å². The van der Waals surface area contributed by atoms with Crippen molar-refractivity contribution in [3.05, 3.63) is 29.8 Å². The van der Waals surface area contributed by atoms with Gasteiger partial charge in [-0.3, -0.25) is 4.18 Å². The van der Waals surface area contributed by atoms with E-state index >= 15 is 0 Å². The summed E-state index contributed by atoms with van der Waals surface area (Å²) in [4.78, 5) is 10.4. The fraction of sp³-hybridized carbons (Fsp3) is 0.632. The number of benzene rings is 1. The zero-order valence-corrected chi connectivity index (χ0v) is 17.1. The maximum atomic E-state index is 12.0. The highest BCUT2D eigenvalue weighted by atomic mass is 32.2. The zero-order valence-electron chi connectivity index (χ0n) is 16.3. The van der Waals surface area contributed by atoms with Crippen LogP contribution >= 0.6 is 0 Å². The number of aryl methyl sites for hydroxylation is 1. The van der Waals surface area contributed by atoms with Crippen LogP contribution in [0.5, 0.6) is 0 Å². The first-order valence-corrected chi connectivity index (χ1v) is 10.7. The van der Waals surface area contributed by atoms with Crippen LogP contribution in [0, 0.1) is 6.92 Å². The molecule has 0 fully saturated rings. The predicted octanol–water partition coefficient (Wildman–Crippen LogP) is 2.40. The number of ether oxygens (including phenoxy) is 3. The Morgan fingerprint density at radius 2 is 1.32 bits per heavy atom. The molecule has 0 saturated carbocycles. The molecule has 1 aromatic carbocycles. The maximum absolute atomic E-state index is 12.0. The minimum Gasteiger partial charge on any atom is -0.480 e. The molecular weight excluding hydrogens is 388 g/mol. The lowest BCUT2D eigenvalue weighted by Crippen LogP contribution is -2.10. The third kappa shape index (κ3) is 12.0. The third-order valence-corrected chi connectivity index (χ3v) is 4.94. The molecule has 8 nitrogen and oxygen atoms in total. The normalized spacial score (nSPS) is 11.6. The van der Waals surface area contributed by atoms with Crippen molar-refractivity contribution in [3.8, 4) is 0 Å². The minimum atomic E-state index is -3.71. The lowest BCUT2D eigenvalue weighted by molar-refractivity contribution is -0.142. The minimum absolute atomic E-state index is 0.0866. The Morgan fingerprint density at radius 1 is 0.821 bits per heavy atom. The number of carbonyl (C=O) groups is 1. The largest absolute Gasteiger partial charge is 0.480 e. The van der Waals surface area contributed by atoms with Gasteiger partial charge in [-0.05, 0) is 44.7 Å². The Bertz CT molecular complexity index is 642. The van der Waals surface area contributed by atoms with Gasteiger partial charge < -0.3 is 19.3 Å². The van der Waals surface area contributed by atoms with E-state index < -0.39 is 16.1 Å². The first-order chi connectivity index (χ1) is 13.4. The van der Waals surface area contributed by atoms with Crippen LogP contribution in [0.15, 0.2) is 29.2 Å². The van der Waals surface area contributed by atoms with Crippen LogP contribution in [0.25, 0.3) is 0 Å². The number of hydrogen-bond acceptors (Lipinski definition) is 7. The molecule has 28 heavy (non-hydrogen) atoms. The second-order valence-corrected chi connectivity index (χ2v) is 7.79. The molecule has 0 atom stereocenters. The van der Waals surface area contributed by atoms with E-state index in [2.05, 4.69) is 0 Å². The van der Waals surface area contributed by atoms with Crippen LogP contribution in [0.1, 0.15) is 31.2 Å². The van der Waals surface area contributed by atoms with E-state index in [1.165, 1.54) is 12.1 Å². The van der Waals surface area contributed by atoms with E-state index in [1.54, 1.807) is 12.1 Å². The summed E-state index contributed by atoms with van der Waals surface area (Å²) in [5, 5.41) is 8.39. The number of carboxylic acid groups (broad SMARTS) is 1. The maximum Gasteiger partial charge on any atom is 0.329 e.